The lowest BCUT2D eigenvalue weighted by atomic mass is 9.82. The van der Waals surface area contributed by atoms with Gasteiger partial charge in [-0.1, -0.05) is 67.6 Å². The number of benzene rings is 4. The van der Waals surface area contributed by atoms with E-state index in [1.807, 2.05) is 63.2 Å². The molecule has 0 amide bonds. The number of fused-ring (bicyclic) bond motifs is 2. The lowest BCUT2D eigenvalue weighted by Gasteiger charge is -2.25. The number of carbonyl (C=O) groups is 2. The van der Waals surface area contributed by atoms with Crippen LogP contribution in [0.5, 0.6) is 0 Å². The maximum absolute atomic E-state index is 13.8. The summed E-state index contributed by atoms with van der Waals surface area (Å²) in [5.74, 6) is -0.289. The summed E-state index contributed by atoms with van der Waals surface area (Å²) in [5, 5.41) is 6.99. The van der Waals surface area contributed by atoms with E-state index < -0.39 is 0 Å². The van der Waals surface area contributed by atoms with E-state index in [2.05, 4.69) is 23.6 Å². The Balaban J connectivity index is 1.72. The number of nitrogens with one attached hydrogen (secondary N) is 2. The van der Waals surface area contributed by atoms with Gasteiger partial charge in [0.25, 0.3) is 0 Å². The Bertz CT molecular complexity index is 1480. The number of aryl methyl sites for hydroxylation is 4. The molecule has 0 radical (unpaired) electrons. The van der Waals surface area contributed by atoms with Gasteiger partial charge in [0.15, 0.2) is 11.6 Å². The van der Waals surface area contributed by atoms with E-state index in [4.69, 9.17) is 0 Å². The Kier molecular flexibility index (Phi) is 5.73. The van der Waals surface area contributed by atoms with Crippen LogP contribution in [0, 0.1) is 20.8 Å². The monoisotopic (exact) mass is 460 g/mol. The number of anilines is 4. The minimum atomic E-state index is -0.145. The molecule has 5 rings (SSSR count). The van der Waals surface area contributed by atoms with Gasteiger partial charge < -0.3 is 10.6 Å². The van der Waals surface area contributed by atoms with Gasteiger partial charge in [-0.2, -0.15) is 0 Å². The minimum Gasteiger partial charge on any atom is -0.354 e. The topological polar surface area (TPSA) is 58.2 Å². The average molecular weight is 461 g/mol. The van der Waals surface area contributed by atoms with Crippen molar-refractivity contribution in [2.24, 2.45) is 0 Å². The largest absolute Gasteiger partial charge is 0.354 e. The fraction of sp³-hybridized carbons (Fsp3) is 0.161. The zero-order valence-corrected chi connectivity index (χ0v) is 20.5. The van der Waals surface area contributed by atoms with E-state index in [1.165, 1.54) is 0 Å². The van der Waals surface area contributed by atoms with Crippen molar-refractivity contribution in [1.82, 2.24) is 0 Å². The third-order valence-electron chi connectivity index (χ3n) is 6.82. The molecule has 4 nitrogen and oxygen atoms in total. The Morgan fingerprint density at radius 3 is 1.54 bits per heavy atom. The summed E-state index contributed by atoms with van der Waals surface area (Å²) >= 11 is 0. The van der Waals surface area contributed by atoms with Crippen molar-refractivity contribution in [3.8, 4) is 0 Å². The molecule has 0 heterocycles. The maximum Gasteiger partial charge on any atom is 0.196 e. The smallest absolute Gasteiger partial charge is 0.196 e. The molecule has 0 aromatic heterocycles. The molecule has 1 aliphatic carbocycles. The summed E-state index contributed by atoms with van der Waals surface area (Å²) in [5.41, 5.74) is 9.30. The van der Waals surface area contributed by atoms with Gasteiger partial charge >= 0.3 is 0 Å². The summed E-state index contributed by atoms with van der Waals surface area (Å²) in [4.78, 5) is 27.6. The second-order valence-electron chi connectivity index (χ2n) is 9.09. The number of rotatable bonds is 5. The fourth-order valence-corrected chi connectivity index (χ4v) is 4.91. The SMILES string of the molecule is CCc1cccc(C)c1Nc1ccc(Nc2c(C)cccc2C)c2c1C(=O)c1ccccc1C2=O. The molecule has 4 aromatic carbocycles. The Morgan fingerprint density at radius 1 is 0.571 bits per heavy atom. The summed E-state index contributed by atoms with van der Waals surface area (Å²) < 4.78 is 0. The van der Waals surface area contributed by atoms with Crippen LogP contribution in [0.4, 0.5) is 22.7 Å². The molecule has 4 aromatic rings. The van der Waals surface area contributed by atoms with Crippen LogP contribution in [0.3, 0.4) is 0 Å². The highest BCUT2D eigenvalue weighted by atomic mass is 16.1. The molecule has 0 saturated heterocycles. The second-order valence-corrected chi connectivity index (χ2v) is 9.09. The molecule has 0 bridgehead atoms. The van der Waals surface area contributed by atoms with Crippen LogP contribution >= 0.6 is 0 Å². The number of hydrogen-bond donors (Lipinski definition) is 2. The Labute approximate surface area is 206 Å². The molecule has 35 heavy (non-hydrogen) atoms. The molecule has 0 fully saturated rings. The van der Waals surface area contributed by atoms with Crippen LogP contribution in [-0.2, 0) is 6.42 Å². The predicted molar refractivity (Wildman–Crippen MR) is 143 cm³/mol. The maximum atomic E-state index is 13.8. The van der Waals surface area contributed by atoms with E-state index in [-0.39, 0.29) is 11.6 Å². The Hall–Kier alpha value is -4.18. The molecule has 0 atom stereocenters. The molecule has 174 valence electrons. The highest BCUT2D eigenvalue weighted by molar-refractivity contribution is 6.32. The van der Waals surface area contributed by atoms with Gasteiger partial charge in [-0.05, 0) is 61.6 Å². The van der Waals surface area contributed by atoms with Gasteiger partial charge in [0.2, 0.25) is 0 Å². The van der Waals surface area contributed by atoms with Crippen LogP contribution in [0.15, 0.2) is 72.8 Å². The molecule has 0 aliphatic heterocycles. The van der Waals surface area contributed by atoms with Gasteiger partial charge in [0.05, 0.1) is 22.5 Å². The van der Waals surface area contributed by atoms with Crippen LogP contribution in [0.25, 0.3) is 0 Å². The highest BCUT2D eigenvalue weighted by Crippen LogP contribution is 2.40. The third kappa shape index (κ3) is 3.81. The molecule has 0 unspecified atom stereocenters. The number of ketones is 2. The average Bonchev–Trinajstić information content (AvgIpc) is 2.86. The second kappa shape index (κ2) is 8.88. The molecular formula is C31H28N2O2. The van der Waals surface area contributed by atoms with Crippen LogP contribution < -0.4 is 10.6 Å². The normalized spacial score (nSPS) is 12.2. The van der Waals surface area contributed by atoms with Crippen molar-refractivity contribution in [3.05, 3.63) is 117 Å². The molecule has 4 heteroatoms. The molecule has 0 spiro atoms. The van der Waals surface area contributed by atoms with Crippen LogP contribution in [-0.4, -0.2) is 11.6 Å². The first-order chi connectivity index (χ1) is 16.9. The lowest BCUT2D eigenvalue weighted by molar-refractivity contribution is 0.0980. The van der Waals surface area contributed by atoms with Gasteiger partial charge in [-0.3, -0.25) is 9.59 Å². The van der Waals surface area contributed by atoms with Crippen molar-refractivity contribution in [2.75, 3.05) is 10.6 Å². The number of para-hydroxylation sites is 2. The van der Waals surface area contributed by atoms with E-state index in [0.29, 0.717) is 33.6 Å². The highest BCUT2D eigenvalue weighted by Gasteiger charge is 2.34. The first-order valence-electron chi connectivity index (χ1n) is 11.9. The van der Waals surface area contributed by atoms with Gasteiger partial charge in [0, 0.05) is 22.5 Å². The zero-order valence-electron chi connectivity index (χ0n) is 20.5. The quantitative estimate of drug-likeness (QED) is 0.286. The predicted octanol–water partition coefficient (Wildman–Crippen LogP) is 7.44. The standard InChI is InChI=1S/C31H28N2O2/c1-5-21-13-9-12-20(4)29(21)33-25-17-16-24(32-28-18(2)10-8-11-19(28)3)26-27(25)31(35)23-15-7-6-14-22(23)30(26)34/h6-17,32-33H,5H2,1-4H3. The molecule has 0 saturated carbocycles. The van der Waals surface area contributed by atoms with E-state index in [0.717, 1.165) is 40.0 Å². The van der Waals surface area contributed by atoms with Crippen molar-refractivity contribution in [1.29, 1.82) is 0 Å². The van der Waals surface area contributed by atoms with Crippen molar-refractivity contribution >= 4 is 34.3 Å². The first-order valence-corrected chi connectivity index (χ1v) is 11.9. The molecular weight excluding hydrogens is 432 g/mol. The van der Waals surface area contributed by atoms with Gasteiger partial charge in [-0.25, -0.2) is 0 Å². The van der Waals surface area contributed by atoms with E-state index in [1.54, 1.807) is 24.3 Å². The van der Waals surface area contributed by atoms with E-state index >= 15 is 0 Å². The van der Waals surface area contributed by atoms with Gasteiger partial charge in [-0.15, -0.1) is 0 Å². The van der Waals surface area contributed by atoms with E-state index in [9.17, 15) is 9.59 Å². The number of carbonyl (C=O) groups excluding carboxylic acids is 2. The summed E-state index contributed by atoms with van der Waals surface area (Å²) in [6.07, 6.45) is 0.855. The van der Waals surface area contributed by atoms with Crippen molar-refractivity contribution in [2.45, 2.75) is 34.1 Å². The van der Waals surface area contributed by atoms with Crippen LogP contribution in [0.1, 0.15) is 61.0 Å². The summed E-state index contributed by atoms with van der Waals surface area (Å²) in [7, 11) is 0. The minimum absolute atomic E-state index is 0.144. The van der Waals surface area contributed by atoms with Crippen molar-refractivity contribution in [3.63, 3.8) is 0 Å². The summed E-state index contributed by atoms with van der Waals surface area (Å²) in [6.45, 7) is 8.22. The number of hydrogen-bond acceptors (Lipinski definition) is 4. The molecule has 2 N–H and O–H groups in total. The molecule has 1 aliphatic rings. The lowest BCUT2D eigenvalue weighted by Crippen LogP contribution is -2.23. The summed E-state index contributed by atoms with van der Waals surface area (Å²) in [6, 6.07) is 23.1. The zero-order chi connectivity index (χ0) is 24.7. The van der Waals surface area contributed by atoms with Gasteiger partial charge in [0.1, 0.15) is 0 Å². The fourth-order valence-electron chi connectivity index (χ4n) is 4.91. The van der Waals surface area contributed by atoms with Crippen molar-refractivity contribution < 1.29 is 9.59 Å². The van der Waals surface area contributed by atoms with Crippen LogP contribution in [0.2, 0.25) is 0 Å². The Morgan fingerprint density at radius 2 is 1.03 bits per heavy atom. The first kappa shape index (κ1) is 22.6. The third-order valence-corrected chi connectivity index (χ3v) is 6.82.